The van der Waals surface area contributed by atoms with Crippen LogP contribution in [0.3, 0.4) is 0 Å². The number of anilines is 1. The quantitative estimate of drug-likeness (QED) is 0.591. The first-order chi connectivity index (χ1) is 8.77. The number of nitrogens with one attached hydrogen (secondary N) is 3. The molecule has 1 aromatic rings. The lowest BCUT2D eigenvalue weighted by atomic mass is 10.3. The predicted molar refractivity (Wildman–Crippen MR) is 71.7 cm³/mol. The molecule has 0 saturated carbocycles. The summed E-state index contributed by atoms with van der Waals surface area (Å²) in [5.74, 6) is 0.488. The average molecular weight is 251 g/mol. The third kappa shape index (κ3) is 5.09. The van der Waals surface area contributed by atoms with Crippen molar-refractivity contribution in [1.29, 1.82) is 0 Å². The molecule has 0 aliphatic carbocycles. The van der Waals surface area contributed by atoms with Crippen LogP contribution in [0.5, 0.6) is 0 Å². The minimum Gasteiger partial charge on any atom is -0.367 e. The summed E-state index contributed by atoms with van der Waals surface area (Å²) in [6, 6.07) is 3.43. The molecule has 0 spiro atoms. The molecule has 0 unspecified atom stereocenters. The molecule has 18 heavy (non-hydrogen) atoms. The van der Waals surface area contributed by atoms with Crippen LogP contribution in [0.15, 0.2) is 12.1 Å². The molecule has 0 fully saturated rings. The molecular weight excluding hydrogens is 230 g/mol. The highest BCUT2D eigenvalue weighted by atomic mass is 16.1. The van der Waals surface area contributed by atoms with Crippen LogP contribution >= 0.6 is 0 Å². The average Bonchev–Trinajstić information content (AvgIpc) is 2.39. The fourth-order valence-electron chi connectivity index (χ4n) is 1.38. The topological polar surface area (TPSA) is 78.9 Å². The summed E-state index contributed by atoms with van der Waals surface area (Å²) in [5.41, 5.74) is 0.339. The molecule has 3 N–H and O–H groups in total. The fraction of sp³-hybridized carbons (Fsp3) is 0.583. The summed E-state index contributed by atoms with van der Waals surface area (Å²) >= 11 is 0. The van der Waals surface area contributed by atoms with Crippen molar-refractivity contribution in [1.82, 2.24) is 20.8 Å². The van der Waals surface area contributed by atoms with Gasteiger partial charge in [-0.2, -0.15) is 0 Å². The number of nitrogens with zero attached hydrogens (tertiary/aromatic N) is 2. The van der Waals surface area contributed by atoms with Crippen molar-refractivity contribution in [2.45, 2.75) is 20.3 Å². The van der Waals surface area contributed by atoms with Gasteiger partial charge in [0.2, 0.25) is 0 Å². The molecule has 6 nitrogen and oxygen atoms in total. The van der Waals surface area contributed by atoms with Crippen LogP contribution in [0.4, 0.5) is 5.82 Å². The Balaban J connectivity index is 2.33. The number of rotatable bonds is 8. The fourth-order valence-corrected chi connectivity index (χ4v) is 1.38. The smallest absolute Gasteiger partial charge is 0.271 e. The van der Waals surface area contributed by atoms with Crippen molar-refractivity contribution >= 4 is 11.7 Å². The van der Waals surface area contributed by atoms with Gasteiger partial charge in [-0.05, 0) is 32.0 Å². The van der Waals surface area contributed by atoms with E-state index in [1.54, 1.807) is 12.1 Å². The third-order valence-electron chi connectivity index (χ3n) is 2.27. The van der Waals surface area contributed by atoms with Gasteiger partial charge < -0.3 is 16.0 Å². The van der Waals surface area contributed by atoms with Gasteiger partial charge in [0.1, 0.15) is 5.82 Å². The Labute approximate surface area is 108 Å². The summed E-state index contributed by atoms with van der Waals surface area (Å²) in [7, 11) is 0. The molecule has 0 saturated heterocycles. The number of carbonyl (C=O) groups is 1. The van der Waals surface area contributed by atoms with Gasteiger partial charge in [-0.1, -0.05) is 6.92 Å². The molecule has 0 bridgehead atoms. The maximum Gasteiger partial charge on any atom is 0.271 e. The summed E-state index contributed by atoms with van der Waals surface area (Å²) in [5, 5.41) is 16.9. The molecule has 0 aromatic carbocycles. The molecule has 0 aliphatic heterocycles. The van der Waals surface area contributed by atoms with E-state index in [0.717, 1.165) is 26.1 Å². The summed E-state index contributed by atoms with van der Waals surface area (Å²) < 4.78 is 0. The lowest BCUT2D eigenvalue weighted by Gasteiger charge is -2.06. The summed E-state index contributed by atoms with van der Waals surface area (Å²) in [6.45, 7) is 7.27. The van der Waals surface area contributed by atoms with Gasteiger partial charge in [0.15, 0.2) is 5.69 Å². The van der Waals surface area contributed by atoms with Crippen molar-refractivity contribution in [3.05, 3.63) is 17.8 Å². The molecule has 6 heteroatoms. The molecule has 1 aromatic heterocycles. The normalized spacial score (nSPS) is 10.1. The Morgan fingerprint density at radius 1 is 1.17 bits per heavy atom. The van der Waals surface area contributed by atoms with Gasteiger partial charge in [0.25, 0.3) is 5.91 Å². The van der Waals surface area contributed by atoms with E-state index in [4.69, 9.17) is 0 Å². The largest absolute Gasteiger partial charge is 0.367 e. The number of hydrogen-bond donors (Lipinski definition) is 3. The third-order valence-corrected chi connectivity index (χ3v) is 2.27. The number of hydrogen-bond acceptors (Lipinski definition) is 5. The monoisotopic (exact) mass is 251 g/mol. The minimum absolute atomic E-state index is 0.193. The second kappa shape index (κ2) is 8.41. The summed E-state index contributed by atoms with van der Waals surface area (Å²) in [4.78, 5) is 11.4. The first-order valence-corrected chi connectivity index (χ1v) is 6.34. The first kappa shape index (κ1) is 14.4. The number of carbonyl (C=O) groups excluding carboxylic acids is 1. The van der Waals surface area contributed by atoms with Crippen molar-refractivity contribution in [3.63, 3.8) is 0 Å². The lowest BCUT2D eigenvalue weighted by Crippen LogP contribution is -2.25. The Morgan fingerprint density at radius 3 is 2.61 bits per heavy atom. The van der Waals surface area contributed by atoms with Crippen molar-refractivity contribution < 1.29 is 4.79 Å². The molecule has 1 amide bonds. The highest BCUT2D eigenvalue weighted by Crippen LogP contribution is 2.01. The Kier molecular flexibility index (Phi) is 6.71. The van der Waals surface area contributed by atoms with Gasteiger partial charge in [0, 0.05) is 19.6 Å². The predicted octanol–water partition coefficient (Wildman–Crippen LogP) is 0.638. The zero-order valence-corrected chi connectivity index (χ0v) is 11.0. The van der Waals surface area contributed by atoms with Crippen molar-refractivity contribution in [2.24, 2.45) is 0 Å². The van der Waals surface area contributed by atoms with Crippen LogP contribution in [0.2, 0.25) is 0 Å². The van der Waals surface area contributed by atoms with Gasteiger partial charge in [-0.3, -0.25) is 4.79 Å². The van der Waals surface area contributed by atoms with E-state index in [1.165, 1.54) is 0 Å². The standard InChI is InChI=1S/C12H21N5O/c1-3-7-13-8-9-15-11-6-5-10(16-17-11)12(18)14-4-2/h5-6,13H,3-4,7-9H2,1-2H3,(H,14,18)(H,15,17). The van der Waals surface area contributed by atoms with Crippen LogP contribution in [-0.2, 0) is 0 Å². The molecule has 1 heterocycles. The van der Waals surface area contributed by atoms with E-state index in [2.05, 4.69) is 33.1 Å². The van der Waals surface area contributed by atoms with E-state index in [1.807, 2.05) is 6.92 Å². The van der Waals surface area contributed by atoms with E-state index in [9.17, 15) is 4.79 Å². The molecule has 0 radical (unpaired) electrons. The van der Waals surface area contributed by atoms with Gasteiger partial charge in [0.05, 0.1) is 0 Å². The Bertz CT molecular complexity index is 352. The molecule has 100 valence electrons. The first-order valence-electron chi connectivity index (χ1n) is 6.34. The van der Waals surface area contributed by atoms with E-state index in [-0.39, 0.29) is 5.91 Å². The Hall–Kier alpha value is -1.69. The zero-order chi connectivity index (χ0) is 13.2. The van der Waals surface area contributed by atoms with Crippen molar-refractivity contribution in [2.75, 3.05) is 31.5 Å². The van der Waals surface area contributed by atoms with Crippen LogP contribution in [0, 0.1) is 0 Å². The summed E-state index contributed by atoms with van der Waals surface area (Å²) in [6.07, 6.45) is 1.13. The molecular formula is C12H21N5O. The van der Waals surface area contributed by atoms with Crippen LogP contribution in [0.25, 0.3) is 0 Å². The van der Waals surface area contributed by atoms with E-state index < -0.39 is 0 Å². The van der Waals surface area contributed by atoms with Gasteiger partial charge in [-0.15, -0.1) is 10.2 Å². The number of amides is 1. The zero-order valence-electron chi connectivity index (χ0n) is 11.0. The molecule has 1 rings (SSSR count). The minimum atomic E-state index is -0.193. The van der Waals surface area contributed by atoms with E-state index in [0.29, 0.717) is 18.1 Å². The maximum absolute atomic E-state index is 11.4. The second-order valence-electron chi connectivity index (χ2n) is 3.84. The second-order valence-corrected chi connectivity index (χ2v) is 3.84. The SMILES string of the molecule is CCCNCCNc1ccc(C(=O)NCC)nn1. The lowest BCUT2D eigenvalue weighted by molar-refractivity contribution is 0.0950. The number of aromatic nitrogens is 2. The Morgan fingerprint density at radius 2 is 2.00 bits per heavy atom. The van der Waals surface area contributed by atoms with Crippen molar-refractivity contribution in [3.8, 4) is 0 Å². The van der Waals surface area contributed by atoms with E-state index >= 15 is 0 Å². The molecule has 0 aliphatic rings. The maximum atomic E-state index is 11.4. The van der Waals surface area contributed by atoms with Gasteiger partial charge >= 0.3 is 0 Å². The van der Waals surface area contributed by atoms with Crippen LogP contribution in [-0.4, -0.2) is 42.3 Å². The van der Waals surface area contributed by atoms with Crippen LogP contribution < -0.4 is 16.0 Å². The highest BCUT2D eigenvalue weighted by molar-refractivity contribution is 5.92. The van der Waals surface area contributed by atoms with Crippen LogP contribution in [0.1, 0.15) is 30.8 Å². The highest BCUT2D eigenvalue weighted by Gasteiger charge is 2.05. The molecule has 0 atom stereocenters. The van der Waals surface area contributed by atoms with Gasteiger partial charge in [-0.25, -0.2) is 0 Å².